The smallest absolute Gasteiger partial charge is 0.201 e. The molecule has 0 saturated heterocycles. The zero-order chi connectivity index (χ0) is 6.41. The van der Waals surface area contributed by atoms with E-state index < -0.39 is 6.10 Å². The Hall–Kier alpha value is -1.23. The van der Waals surface area contributed by atoms with Gasteiger partial charge >= 0.3 is 0 Å². The summed E-state index contributed by atoms with van der Waals surface area (Å²) in [5, 5.41) is 8.16. The van der Waals surface area contributed by atoms with Gasteiger partial charge in [-0.25, -0.2) is 0 Å². The van der Waals surface area contributed by atoms with Gasteiger partial charge in [0.1, 0.15) is 6.07 Å². The molecule has 0 aromatic heterocycles. The molecule has 0 aromatic carbocycles. The van der Waals surface area contributed by atoms with Crippen LogP contribution in [0.25, 0.3) is 0 Å². The van der Waals surface area contributed by atoms with Crippen LogP contribution in [0.15, 0.2) is 25.5 Å². The van der Waals surface area contributed by atoms with Crippen molar-refractivity contribution in [3.8, 4) is 6.07 Å². The van der Waals surface area contributed by atoms with Crippen LogP contribution in [-0.2, 0) is 4.74 Å². The van der Waals surface area contributed by atoms with Crippen molar-refractivity contribution in [2.24, 2.45) is 0 Å². The van der Waals surface area contributed by atoms with Crippen molar-refractivity contribution in [2.75, 3.05) is 0 Å². The minimum Gasteiger partial charge on any atom is -0.480 e. The summed E-state index contributed by atoms with van der Waals surface area (Å²) in [5.41, 5.74) is 0. The van der Waals surface area contributed by atoms with Gasteiger partial charge in [0.05, 0.1) is 6.26 Å². The quantitative estimate of drug-likeness (QED) is 0.403. The van der Waals surface area contributed by atoms with Gasteiger partial charge in [-0.1, -0.05) is 13.2 Å². The van der Waals surface area contributed by atoms with E-state index in [9.17, 15) is 0 Å². The molecule has 2 heteroatoms. The summed E-state index contributed by atoms with van der Waals surface area (Å²) in [4.78, 5) is 0. The van der Waals surface area contributed by atoms with Gasteiger partial charge in [-0.05, 0) is 6.08 Å². The molecular formula is C6H7NO. The lowest BCUT2D eigenvalue weighted by molar-refractivity contribution is 0.235. The molecule has 42 valence electrons. The Bertz CT molecular complexity index is 123. The van der Waals surface area contributed by atoms with Crippen LogP contribution in [0.4, 0.5) is 0 Å². The fourth-order valence-corrected chi connectivity index (χ4v) is 0.242. The molecule has 0 fully saturated rings. The summed E-state index contributed by atoms with van der Waals surface area (Å²) in [6, 6.07) is 1.84. The van der Waals surface area contributed by atoms with Crippen LogP contribution in [0.2, 0.25) is 0 Å². The lowest BCUT2D eigenvalue weighted by atomic mass is 10.4. The number of hydrogen-bond acceptors (Lipinski definition) is 2. The molecule has 0 unspecified atom stereocenters. The standard InChI is InChI=1S/C6H7NO/c1-3-6(5-7)8-4-2/h3-4,6H,1-2H2/t6-/m1/s1. The number of hydrogen-bond donors (Lipinski definition) is 0. The number of nitrogens with zero attached hydrogens (tertiary/aromatic N) is 1. The van der Waals surface area contributed by atoms with Crippen molar-refractivity contribution in [2.45, 2.75) is 6.10 Å². The minimum atomic E-state index is -0.549. The van der Waals surface area contributed by atoms with Gasteiger partial charge < -0.3 is 4.74 Å². The Morgan fingerprint density at radius 3 is 2.38 bits per heavy atom. The average molecular weight is 109 g/mol. The van der Waals surface area contributed by atoms with Gasteiger partial charge in [0.25, 0.3) is 0 Å². The van der Waals surface area contributed by atoms with Gasteiger partial charge in [-0.3, -0.25) is 0 Å². The number of rotatable bonds is 3. The van der Waals surface area contributed by atoms with Crippen LogP contribution in [0, 0.1) is 11.3 Å². The van der Waals surface area contributed by atoms with Crippen LogP contribution in [0.1, 0.15) is 0 Å². The minimum absolute atomic E-state index is 0.549. The van der Waals surface area contributed by atoms with Crippen LogP contribution in [0.3, 0.4) is 0 Å². The van der Waals surface area contributed by atoms with E-state index in [1.807, 2.05) is 6.07 Å². The van der Waals surface area contributed by atoms with Crippen molar-refractivity contribution in [1.29, 1.82) is 5.26 Å². The van der Waals surface area contributed by atoms with E-state index in [2.05, 4.69) is 17.9 Å². The van der Waals surface area contributed by atoms with Gasteiger partial charge in [-0.2, -0.15) is 5.26 Å². The first-order valence-electron chi connectivity index (χ1n) is 2.13. The highest BCUT2D eigenvalue weighted by Gasteiger charge is 1.94. The summed E-state index contributed by atoms with van der Waals surface area (Å²) in [7, 11) is 0. The lowest BCUT2D eigenvalue weighted by Crippen LogP contribution is -1.99. The third-order valence-corrected chi connectivity index (χ3v) is 0.584. The van der Waals surface area contributed by atoms with Crippen LogP contribution in [0.5, 0.6) is 0 Å². The molecule has 1 atom stereocenters. The molecule has 2 nitrogen and oxygen atoms in total. The molecule has 0 amide bonds. The third-order valence-electron chi connectivity index (χ3n) is 0.584. The molecule has 0 aromatic rings. The van der Waals surface area contributed by atoms with Crippen LogP contribution in [-0.4, -0.2) is 6.10 Å². The van der Waals surface area contributed by atoms with E-state index in [0.717, 1.165) is 0 Å². The fraction of sp³-hybridized carbons (Fsp3) is 0.167. The predicted octanol–water partition coefficient (Wildman–Crippen LogP) is 1.22. The molecule has 0 heterocycles. The monoisotopic (exact) mass is 109 g/mol. The largest absolute Gasteiger partial charge is 0.480 e. The molecule has 0 saturated carbocycles. The van der Waals surface area contributed by atoms with E-state index in [1.54, 1.807) is 0 Å². The van der Waals surface area contributed by atoms with Gasteiger partial charge in [0.2, 0.25) is 6.10 Å². The third kappa shape index (κ3) is 2.04. The first-order chi connectivity index (χ1) is 3.85. The van der Waals surface area contributed by atoms with Gasteiger partial charge in [-0.15, -0.1) is 0 Å². The highest BCUT2D eigenvalue weighted by Crippen LogP contribution is 1.88. The maximum Gasteiger partial charge on any atom is 0.201 e. The highest BCUT2D eigenvalue weighted by atomic mass is 16.5. The molecule has 0 aliphatic carbocycles. The second kappa shape index (κ2) is 3.94. The molecule has 0 rings (SSSR count). The normalized spacial score (nSPS) is 10.9. The molecular weight excluding hydrogens is 102 g/mol. The van der Waals surface area contributed by atoms with Crippen LogP contribution >= 0.6 is 0 Å². The number of ether oxygens (including phenoxy) is 1. The predicted molar refractivity (Wildman–Crippen MR) is 30.9 cm³/mol. The number of nitriles is 1. The maximum absolute atomic E-state index is 8.16. The SMILES string of the molecule is C=CO[C@@H](C#N)C=C. The summed E-state index contributed by atoms with van der Waals surface area (Å²) >= 11 is 0. The maximum atomic E-state index is 8.16. The van der Waals surface area contributed by atoms with Crippen molar-refractivity contribution in [3.05, 3.63) is 25.5 Å². The van der Waals surface area contributed by atoms with Crippen molar-refractivity contribution >= 4 is 0 Å². The second-order valence-corrected chi connectivity index (χ2v) is 1.09. The first kappa shape index (κ1) is 6.77. The van der Waals surface area contributed by atoms with Gasteiger partial charge in [0, 0.05) is 0 Å². The molecule has 0 spiro atoms. The molecule has 0 radical (unpaired) electrons. The van der Waals surface area contributed by atoms with Crippen molar-refractivity contribution in [1.82, 2.24) is 0 Å². The molecule has 0 aliphatic rings. The molecule has 0 N–H and O–H groups in total. The van der Waals surface area contributed by atoms with Crippen molar-refractivity contribution in [3.63, 3.8) is 0 Å². The zero-order valence-corrected chi connectivity index (χ0v) is 4.50. The van der Waals surface area contributed by atoms with E-state index in [4.69, 9.17) is 5.26 Å². The Balaban J connectivity index is 3.56. The van der Waals surface area contributed by atoms with E-state index >= 15 is 0 Å². The zero-order valence-electron chi connectivity index (χ0n) is 4.50. The Labute approximate surface area is 48.7 Å². The summed E-state index contributed by atoms with van der Waals surface area (Å²) in [5.74, 6) is 0. The Morgan fingerprint density at radius 2 is 2.25 bits per heavy atom. The van der Waals surface area contributed by atoms with Crippen LogP contribution < -0.4 is 0 Å². The van der Waals surface area contributed by atoms with E-state index in [0.29, 0.717) is 0 Å². The summed E-state index contributed by atoms with van der Waals surface area (Å²) < 4.78 is 4.62. The first-order valence-corrected chi connectivity index (χ1v) is 2.13. The van der Waals surface area contributed by atoms with Gasteiger partial charge in [0.15, 0.2) is 0 Å². The molecule has 0 aliphatic heterocycles. The highest BCUT2D eigenvalue weighted by molar-refractivity contribution is 4.98. The Kier molecular flexibility index (Phi) is 3.34. The summed E-state index contributed by atoms with van der Waals surface area (Å²) in [6.45, 7) is 6.63. The second-order valence-electron chi connectivity index (χ2n) is 1.09. The van der Waals surface area contributed by atoms with E-state index in [-0.39, 0.29) is 0 Å². The summed E-state index contributed by atoms with van der Waals surface area (Å²) in [6.07, 6.45) is 2.07. The van der Waals surface area contributed by atoms with E-state index in [1.165, 1.54) is 12.3 Å². The van der Waals surface area contributed by atoms with Crippen molar-refractivity contribution < 1.29 is 4.74 Å². The fourth-order valence-electron chi connectivity index (χ4n) is 0.242. The Morgan fingerprint density at radius 1 is 1.62 bits per heavy atom. The molecule has 0 bridgehead atoms. The average Bonchev–Trinajstić information content (AvgIpc) is 1.83. The molecule has 8 heavy (non-hydrogen) atoms. The topological polar surface area (TPSA) is 33.0 Å². The lowest BCUT2D eigenvalue weighted by Gasteiger charge is -1.98.